The van der Waals surface area contributed by atoms with Gasteiger partial charge in [-0.1, -0.05) is 0 Å². The van der Waals surface area contributed by atoms with Crippen molar-refractivity contribution in [1.82, 2.24) is 0 Å². The normalized spacial score (nSPS) is 52.8. The molecular formula is C8H14O4. The number of rotatable bonds is 1. The highest BCUT2D eigenvalue weighted by molar-refractivity contribution is 5.04. The molecule has 0 aromatic heterocycles. The third kappa shape index (κ3) is 0.925. The Balaban J connectivity index is 2.24. The molecule has 4 nitrogen and oxygen atoms in total. The summed E-state index contributed by atoms with van der Waals surface area (Å²) >= 11 is 0. The maximum atomic E-state index is 9.72. The molecule has 0 aromatic rings. The van der Waals surface area contributed by atoms with E-state index < -0.39 is 11.7 Å². The van der Waals surface area contributed by atoms with E-state index in [1.54, 1.807) is 0 Å². The third-order valence-electron chi connectivity index (χ3n) is 2.84. The highest BCUT2D eigenvalue weighted by Crippen LogP contribution is 2.38. The van der Waals surface area contributed by atoms with Crippen LogP contribution in [0.1, 0.15) is 13.3 Å². The number of hydrogen-bond donors (Lipinski definition) is 2. The van der Waals surface area contributed by atoms with Crippen LogP contribution in [0.2, 0.25) is 0 Å². The monoisotopic (exact) mass is 174 g/mol. The van der Waals surface area contributed by atoms with E-state index in [4.69, 9.17) is 14.6 Å². The van der Waals surface area contributed by atoms with Crippen LogP contribution in [0.4, 0.5) is 0 Å². The van der Waals surface area contributed by atoms with Crippen LogP contribution in [0.5, 0.6) is 0 Å². The van der Waals surface area contributed by atoms with Crippen LogP contribution in [-0.2, 0) is 9.47 Å². The van der Waals surface area contributed by atoms with Crippen LogP contribution in [0, 0.1) is 0 Å². The molecule has 2 bridgehead atoms. The fourth-order valence-electron chi connectivity index (χ4n) is 2.07. The van der Waals surface area contributed by atoms with E-state index >= 15 is 0 Å². The summed E-state index contributed by atoms with van der Waals surface area (Å²) in [4.78, 5) is 0. The number of ether oxygens (including phenoxy) is 2. The zero-order chi connectivity index (χ0) is 8.77. The molecule has 2 fully saturated rings. The largest absolute Gasteiger partial charge is 0.393 e. The Kier molecular flexibility index (Phi) is 1.88. The molecular weight excluding hydrogens is 160 g/mol. The van der Waals surface area contributed by atoms with Gasteiger partial charge in [0.25, 0.3) is 0 Å². The standard InChI is InChI=1S/C8H14O4/c1-5-6-7(10)8(4-9,12-5)2-3-11-6/h5-7,9-10H,2-4H2,1H3/t5-,6+,7-,8+/m0/s1. The zero-order valence-electron chi connectivity index (χ0n) is 7.06. The molecule has 0 aliphatic carbocycles. The lowest BCUT2D eigenvalue weighted by atomic mass is 9.90. The van der Waals surface area contributed by atoms with E-state index in [1.807, 2.05) is 6.92 Å². The van der Waals surface area contributed by atoms with Crippen molar-refractivity contribution in [2.45, 2.75) is 37.3 Å². The predicted octanol–water partition coefficient (Wildman–Crippen LogP) is -0.714. The Morgan fingerprint density at radius 1 is 1.58 bits per heavy atom. The summed E-state index contributed by atoms with van der Waals surface area (Å²) in [5.74, 6) is 0. The molecule has 2 rings (SSSR count). The van der Waals surface area contributed by atoms with Gasteiger partial charge in [0.2, 0.25) is 0 Å². The molecule has 4 heteroatoms. The minimum atomic E-state index is -0.748. The lowest BCUT2D eigenvalue weighted by molar-refractivity contribution is -0.139. The summed E-state index contributed by atoms with van der Waals surface area (Å²) in [5, 5.41) is 18.8. The van der Waals surface area contributed by atoms with Gasteiger partial charge in [-0.3, -0.25) is 0 Å². The number of aliphatic hydroxyl groups excluding tert-OH is 2. The Labute approximate surface area is 71.1 Å². The van der Waals surface area contributed by atoms with E-state index in [1.165, 1.54) is 0 Å². The van der Waals surface area contributed by atoms with Crippen molar-refractivity contribution >= 4 is 0 Å². The van der Waals surface area contributed by atoms with Crippen LogP contribution in [0.3, 0.4) is 0 Å². The molecule has 0 spiro atoms. The summed E-state index contributed by atoms with van der Waals surface area (Å²) in [6.07, 6.45) is -0.474. The highest BCUT2D eigenvalue weighted by Gasteiger charge is 2.55. The predicted molar refractivity (Wildman–Crippen MR) is 40.7 cm³/mol. The van der Waals surface area contributed by atoms with Crippen LogP contribution in [0.25, 0.3) is 0 Å². The molecule has 2 saturated heterocycles. The molecule has 0 unspecified atom stereocenters. The smallest absolute Gasteiger partial charge is 0.122 e. The molecule has 70 valence electrons. The molecule has 2 aliphatic heterocycles. The second kappa shape index (κ2) is 2.67. The average molecular weight is 174 g/mol. The van der Waals surface area contributed by atoms with Crippen molar-refractivity contribution in [3.8, 4) is 0 Å². The van der Waals surface area contributed by atoms with Crippen molar-refractivity contribution in [3.63, 3.8) is 0 Å². The second-order valence-corrected chi connectivity index (χ2v) is 3.58. The summed E-state index contributed by atoms with van der Waals surface area (Å²) in [6.45, 7) is 2.29. The first kappa shape index (κ1) is 8.44. The summed E-state index contributed by atoms with van der Waals surface area (Å²) in [7, 11) is 0. The van der Waals surface area contributed by atoms with Crippen LogP contribution >= 0.6 is 0 Å². The maximum absolute atomic E-state index is 9.72. The first-order chi connectivity index (χ1) is 5.69. The van der Waals surface area contributed by atoms with Crippen molar-refractivity contribution in [2.75, 3.05) is 13.2 Å². The number of aliphatic hydroxyl groups is 2. The first-order valence-corrected chi connectivity index (χ1v) is 4.28. The van der Waals surface area contributed by atoms with Gasteiger partial charge in [0.15, 0.2) is 0 Å². The van der Waals surface area contributed by atoms with Gasteiger partial charge in [-0.15, -0.1) is 0 Å². The van der Waals surface area contributed by atoms with Gasteiger partial charge >= 0.3 is 0 Å². The highest BCUT2D eigenvalue weighted by atomic mass is 16.6. The maximum Gasteiger partial charge on any atom is 0.122 e. The average Bonchev–Trinajstić information content (AvgIpc) is 2.23. The summed E-state index contributed by atoms with van der Waals surface area (Å²) in [6, 6.07) is 0. The molecule has 2 N–H and O–H groups in total. The molecule has 2 heterocycles. The fourth-order valence-corrected chi connectivity index (χ4v) is 2.07. The Morgan fingerprint density at radius 3 is 2.92 bits per heavy atom. The van der Waals surface area contributed by atoms with Gasteiger partial charge in [-0.05, 0) is 6.92 Å². The Bertz CT molecular complexity index is 184. The van der Waals surface area contributed by atoms with Crippen molar-refractivity contribution in [3.05, 3.63) is 0 Å². The molecule has 0 saturated carbocycles. The van der Waals surface area contributed by atoms with E-state index in [0.29, 0.717) is 13.0 Å². The number of fused-ring (bicyclic) bond motifs is 2. The molecule has 0 amide bonds. The summed E-state index contributed by atoms with van der Waals surface area (Å²) in [5.41, 5.74) is -0.748. The minimum absolute atomic E-state index is 0.116. The van der Waals surface area contributed by atoms with Gasteiger partial charge < -0.3 is 19.7 Å². The Hall–Kier alpha value is -0.160. The van der Waals surface area contributed by atoms with Crippen molar-refractivity contribution < 1.29 is 19.7 Å². The quantitative estimate of drug-likeness (QED) is 0.551. The van der Waals surface area contributed by atoms with Gasteiger partial charge in [-0.25, -0.2) is 0 Å². The lowest BCUT2D eigenvalue weighted by Crippen LogP contribution is -2.51. The first-order valence-electron chi connectivity index (χ1n) is 4.28. The molecule has 0 aromatic carbocycles. The van der Waals surface area contributed by atoms with Crippen LogP contribution < -0.4 is 0 Å². The Morgan fingerprint density at radius 2 is 2.33 bits per heavy atom. The number of hydrogen-bond acceptors (Lipinski definition) is 4. The lowest BCUT2D eigenvalue weighted by Gasteiger charge is -2.34. The van der Waals surface area contributed by atoms with Gasteiger partial charge in [-0.2, -0.15) is 0 Å². The van der Waals surface area contributed by atoms with Gasteiger partial charge in [0, 0.05) is 6.42 Å². The molecule has 4 atom stereocenters. The molecule has 12 heavy (non-hydrogen) atoms. The van der Waals surface area contributed by atoms with E-state index in [9.17, 15) is 5.11 Å². The van der Waals surface area contributed by atoms with Gasteiger partial charge in [0.05, 0.1) is 19.3 Å². The fraction of sp³-hybridized carbons (Fsp3) is 1.00. The van der Waals surface area contributed by atoms with E-state index in [2.05, 4.69) is 0 Å². The van der Waals surface area contributed by atoms with E-state index in [0.717, 1.165) is 0 Å². The molecule has 0 radical (unpaired) electrons. The van der Waals surface area contributed by atoms with Crippen molar-refractivity contribution in [1.29, 1.82) is 0 Å². The van der Waals surface area contributed by atoms with Crippen LogP contribution in [0.15, 0.2) is 0 Å². The van der Waals surface area contributed by atoms with E-state index in [-0.39, 0.29) is 18.8 Å². The minimum Gasteiger partial charge on any atom is -0.393 e. The summed E-state index contributed by atoms with van der Waals surface area (Å²) < 4.78 is 10.8. The third-order valence-corrected chi connectivity index (χ3v) is 2.84. The van der Waals surface area contributed by atoms with Crippen molar-refractivity contribution in [2.24, 2.45) is 0 Å². The zero-order valence-corrected chi connectivity index (χ0v) is 7.06. The second-order valence-electron chi connectivity index (χ2n) is 3.58. The molecule has 2 aliphatic rings. The topological polar surface area (TPSA) is 58.9 Å². The van der Waals surface area contributed by atoms with Gasteiger partial charge in [0.1, 0.15) is 17.8 Å². The van der Waals surface area contributed by atoms with Crippen LogP contribution in [-0.4, -0.2) is 47.3 Å². The SMILES string of the molecule is C[C@@H]1O[C@@]2(CO)CCO[C@H]1[C@@H]2O.